The number of carbonyl (C=O) groups is 1. The molecule has 2 aromatic rings. The van der Waals surface area contributed by atoms with Gasteiger partial charge < -0.3 is 14.4 Å². The zero-order valence-electron chi connectivity index (χ0n) is 13.2. The number of methoxy groups -OCH3 is 1. The van der Waals surface area contributed by atoms with Crippen molar-refractivity contribution in [3.63, 3.8) is 0 Å². The van der Waals surface area contributed by atoms with Crippen LogP contribution in [0.5, 0.6) is 11.6 Å². The smallest absolute Gasteiger partial charge is 0.218 e. The minimum absolute atomic E-state index is 0.227. The Hall–Kier alpha value is -2.63. The first-order chi connectivity index (χ1) is 11.2. The van der Waals surface area contributed by atoms with E-state index < -0.39 is 0 Å². The van der Waals surface area contributed by atoms with Crippen LogP contribution >= 0.6 is 0 Å². The van der Waals surface area contributed by atoms with Crippen LogP contribution in [0.1, 0.15) is 18.1 Å². The Morgan fingerprint density at radius 3 is 2.74 bits per heavy atom. The van der Waals surface area contributed by atoms with Crippen LogP contribution in [0.15, 0.2) is 36.5 Å². The fraction of sp³-hybridized carbons (Fsp3) is 0.294. The predicted molar refractivity (Wildman–Crippen MR) is 83.7 cm³/mol. The third kappa shape index (κ3) is 4.42. The van der Waals surface area contributed by atoms with E-state index in [-0.39, 0.29) is 12.4 Å². The van der Waals surface area contributed by atoms with Gasteiger partial charge in [0.05, 0.1) is 20.3 Å². The van der Waals surface area contributed by atoms with Gasteiger partial charge in [0.1, 0.15) is 11.6 Å². The number of hydrogen-bond donors (Lipinski definition) is 0. The summed E-state index contributed by atoms with van der Waals surface area (Å²) in [5.41, 5.74) is 1.39. The SMILES string of the molecule is CCOc1ncccc1CN(C=O)Cc1cc(F)ccc1OC. The molecule has 0 radical (unpaired) electrons. The van der Waals surface area contributed by atoms with Gasteiger partial charge in [-0.3, -0.25) is 4.79 Å². The summed E-state index contributed by atoms with van der Waals surface area (Å²) < 4.78 is 24.1. The highest BCUT2D eigenvalue weighted by atomic mass is 19.1. The van der Waals surface area contributed by atoms with Crippen LogP contribution in [0, 0.1) is 5.82 Å². The maximum atomic E-state index is 13.4. The lowest BCUT2D eigenvalue weighted by Crippen LogP contribution is -2.22. The van der Waals surface area contributed by atoms with Crippen molar-refractivity contribution >= 4 is 6.41 Å². The van der Waals surface area contributed by atoms with Crippen LogP contribution < -0.4 is 9.47 Å². The normalized spacial score (nSPS) is 10.2. The molecule has 5 nitrogen and oxygen atoms in total. The first-order valence-corrected chi connectivity index (χ1v) is 7.26. The van der Waals surface area contributed by atoms with Crippen molar-refractivity contribution in [1.82, 2.24) is 9.88 Å². The Bertz CT molecular complexity index is 664. The molecule has 0 bridgehead atoms. The highest BCUT2D eigenvalue weighted by Crippen LogP contribution is 2.23. The van der Waals surface area contributed by atoms with Crippen molar-refractivity contribution in [3.05, 3.63) is 53.5 Å². The van der Waals surface area contributed by atoms with Gasteiger partial charge in [-0.1, -0.05) is 6.07 Å². The number of benzene rings is 1. The summed E-state index contributed by atoms with van der Waals surface area (Å²) in [4.78, 5) is 17.1. The lowest BCUT2D eigenvalue weighted by molar-refractivity contribution is -0.119. The van der Waals surface area contributed by atoms with E-state index in [9.17, 15) is 9.18 Å². The molecule has 0 N–H and O–H groups in total. The molecule has 0 aliphatic rings. The van der Waals surface area contributed by atoms with E-state index in [0.717, 1.165) is 5.56 Å². The number of carbonyl (C=O) groups excluding carboxylic acids is 1. The molecule has 0 saturated carbocycles. The maximum Gasteiger partial charge on any atom is 0.218 e. The van der Waals surface area contributed by atoms with Gasteiger partial charge in [0, 0.05) is 23.9 Å². The molecule has 1 heterocycles. The Morgan fingerprint density at radius 1 is 1.26 bits per heavy atom. The van der Waals surface area contributed by atoms with E-state index in [0.29, 0.717) is 36.8 Å². The fourth-order valence-corrected chi connectivity index (χ4v) is 2.25. The van der Waals surface area contributed by atoms with Gasteiger partial charge in [0.2, 0.25) is 12.3 Å². The molecule has 1 aromatic heterocycles. The standard InChI is InChI=1S/C17H19FN2O3/c1-3-23-17-13(5-4-8-19-17)10-20(12-21)11-14-9-15(18)6-7-16(14)22-2/h4-9,12H,3,10-11H2,1-2H3. The molecule has 0 aliphatic heterocycles. The van der Waals surface area contributed by atoms with Crippen LogP contribution in [0.25, 0.3) is 0 Å². The molecule has 0 spiro atoms. The lowest BCUT2D eigenvalue weighted by Gasteiger charge is -2.20. The summed E-state index contributed by atoms with van der Waals surface area (Å²) in [6.07, 6.45) is 2.35. The number of halogens is 1. The largest absolute Gasteiger partial charge is 0.496 e. The number of hydrogen-bond acceptors (Lipinski definition) is 4. The van der Waals surface area contributed by atoms with Gasteiger partial charge in [-0.15, -0.1) is 0 Å². The molecule has 122 valence electrons. The minimum Gasteiger partial charge on any atom is -0.496 e. The van der Waals surface area contributed by atoms with Gasteiger partial charge in [0.25, 0.3) is 0 Å². The first kappa shape index (κ1) is 16.7. The molecule has 0 atom stereocenters. The van der Waals surface area contributed by atoms with Crippen molar-refractivity contribution in [2.75, 3.05) is 13.7 Å². The van der Waals surface area contributed by atoms with E-state index >= 15 is 0 Å². The van der Waals surface area contributed by atoms with E-state index in [2.05, 4.69) is 4.98 Å². The van der Waals surface area contributed by atoms with Crippen LogP contribution in [0.4, 0.5) is 4.39 Å². The van der Waals surface area contributed by atoms with Gasteiger partial charge in [0.15, 0.2) is 0 Å². The van der Waals surface area contributed by atoms with Crippen LogP contribution in [-0.4, -0.2) is 30.0 Å². The summed E-state index contributed by atoms with van der Waals surface area (Å²) >= 11 is 0. The highest BCUT2D eigenvalue weighted by Gasteiger charge is 2.13. The third-order valence-corrected chi connectivity index (χ3v) is 3.27. The molecule has 2 rings (SSSR count). The molecular weight excluding hydrogens is 299 g/mol. The van der Waals surface area contributed by atoms with Crippen molar-refractivity contribution in [2.45, 2.75) is 20.0 Å². The Balaban J connectivity index is 2.18. The molecule has 1 amide bonds. The number of ether oxygens (including phenoxy) is 2. The first-order valence-electron chi connectivity index (χ1n) is 7.26. The minimum atomic E-state index is -0.372. The average molecular weight is 318 g/mol. The van der Waals surface area contributed by atoms with Crippen molar-refractivity contribution in [2.24, 2.45) is 0 Å². The molecule has 23 heavy (non-hydrogen) atoms. The highest BCUT2D eigenvalue weighted by molar-refractivity contribution is 5.49. The lowest BCUT2D eigenvalue weighted by atomic mass is 10.1. The van der Waals surface area contributed by atoms with Gasteiger partial charge in [-0.25, -0.2) is 9.37 Å². The number of aromatic nitrogens is 1. The molecule has 0 saturated heterocycles. The van der Waals surface area contributed by atoms with E-state index in [4.69, 9.17) is 9.47 Å². The Kier molecular flexibility index (Phi) is 5.91. The average Bonchev–Trinajstić information content (AvgIpc) is 2.56. The molecule has 6 heteroatoms. The summed E-state index contributed by atoms with van der Waals surface area (Å²) in [6, 6.07) is 7.86. The fourth-order valence-electron chi connectivity index (χ4n) is 2.25. The monoisotopic (exact) mass is 318 g/mol. The number of rotatable bonds is 8. The number of pyridine rings is 1. The molecule has 0 fully saturated rings. The van der Waals surface area contributed by atoms with Crippen molar-refractivity contribution < 1.29 is 18.7 Å². The topological polar surface area (TPSA) is 51.7 Å². The van der Waals surface area contributed by atoms with Crippen molar-refractivity contribution in [1.29, 1.82) is 0 Å². The van der Waals surface area contributed by atoms with Crippen LogP contribution in [-0.2, 0) is 17.9 Å². The predicted octanol–water partition coefficient (Wildman–Crippen LogP) is 2.79. The molecule has 1 aromatic carbocycles. The van der Waals surface area contributed by atoms with Crippen LogP contribution in [0.3, 0.4) is 0 Å². The number of nitrogens with zero attached hydrogens (tertiary/aromatic N) is 2. The summed E-state index contributed by atoms with van der Waals surface area (Å²) in [7, 11) is 1.51. The Morgan fingerprint density at radius 2 is 2.04 bits per heavy atom. The van der Waals surface area contributed by atoms with Crippen LogP contribution in [0.2, 0.25) is 0 Å². The second-order valence-corrected chi connectivity index (χ2v) is 4.87. The maximum absolute atomic E-state index is 13.4. The summed E-state index contributed by atoms with van der Waals surface area (Å²) in [5.74, 6) is 0.658. The molecule has 0 unspecified atom stereocenters. The van der Waals surface area contributed by atoms with Gasteiger partial charge in [-0.05, 0) is 31.2 Å². The molecule has 0 aliphatic carbocycles. The Labute approximate surface area is 134 Å². The second-order valence-electron chi connectivity index (χ2n) is 4.87. The zero-order valence-corrected chi connectivity index (χ0v) is 13.2. The second kappa shape index (κ2) is 8.12. The zero-order chi connectivity index (χ0) is 16.7. The molecular formula is C17H19FN2O3. The van der Waals surface area contributed by atoms with Gasteiger partial charge in [-0.2, -0.15) is 0 Å². The summed E-state index contributed by atoms with van der Waals surface area (Å²) in [6.45, 7) is 2.90. The van der Waals surface area contributed by atoms with E-state index in [1.807, 2.05) is 13.0 Å². The quantitative estimate of drug-likeness (QED) is 0.702. The van der Waals surface area contributed by atoms with Gasteiger partial charge >= 0.3 is 0 Å². The van der Waals surface area contributed by atoms with E-state index in [1.54, 1.807) is 18.3 Å². The summed E-state index contributed by atoms with van der Waals surface area (Å²) in [5, 5.41) is 0. The third-order valence-electron chi connectivity index (χ3n) is 3.27. The van der Waals surface area contributed by atoms with Crippen molar-refractivity contribution in [3.8, 4) is 11.6 Å². The number of amides is 1. The van der Waals surface area contributed by atoms with E-state index in [1.165, 1.54) is 24.1 Å².